The van der Waals surface area contributed by atoms with Crippen LogP contribution in [0.3, 0.4) is 0 Å². The highest BCUT2D eigenvalue weighted by Gasteiger charge is 2.32. The molecule has 37 heavy (non-hydrogen) atoms. The first kappa shape index (κ1) is 26.3. The topological polar surface area (TPSA) is 85.1 Å². The van der Waals surface area contributed by atoms with Gasteiger partial charge in [0.1, 0.15) is 11.6 Å². The molecule has 0 radical (unpaired) electrons. The van der Waals surface area contributed by atoms with Crippen LogP contribution < -0.4 is 21.1 Å². The molecule has 2 aromatic carbocycles. The van der Waals surface area contributed by atoms with E-state index >= 15 is 0 Å². The maximum atomic E-state index is 12.8. The number of hydrogen-bond donors (Lipinski definition) is 3. The Balaban J connectivity index is 1.52. The second kappa shape index (κ2) is 12.0. The van der Waals surface area contributed by atoms with E-state index in [0.29, 0.717) is 22.9 Å². The number of nitrogens with one attached hydrogen (secondary N) is 2. The number of nitrogens with two attached hydrogens (primary N) is 1. The lowest BCUT2D eigenvalue weighted by atomic mass is 9.86. The van der Waals surface area contributed by atoms with Gasteiger partial charge in [0.25, 0.3) is 0 Å². The molecule has 4 N–H and O–H groups in total. The molecule has 0 atom stereocenters. The molecule has 1 fully saturated rings. The third-order valence-electron chi connectivity index (χ3n) is 6.27. The standard InChI is InChI=1S/C28H30F3N5O/c1-19-6-8-20(9-7-19)10-13-23-18-35-27(36-26(23)33-16-21-11-14-24(32)15-12-21)34-17-22-4-2-3-5-25(22)37-28(29,30)31/h2-9,18,21,24H,11-12,14-17,32H2,1H3,(H2,33,34,35,36)/t21-,24-. The first-order valence-electron chi connectivity index (χ1n) is 12.3. The number of halogens is 3. The van der Waals surface area contributed by atoms with E-state index in [1.54, 1.807) is 18.3 Å². The van der Waals surface area contributed by atoms with Gasteiger partial charge in [-0.15, -0.1) is 13.2 Å². The number of hydrogen-bond acceptors (Lipinski definition) is 6. The average molecular weight is 510 g/mol. The largest absolute Gasteiger partial charge is 0.573 e. The molecule has 1 saturated carbocycles. The molecule has 9 heteroatoms. The molecule has 1 aromatic heterocycles. The highest BCUT2D eigenvalue weighted by atomic mass is 19.4. The highest BCUT2D eigenvalue weighted by Crippen LogP contribution is 2.27. The Morgan fingerprint density at radius 3 is 2.46 bits per heavy atom. The summed E-state index contributed by atoms with van der Waals surface area (Å²) >= 11 is 0. The van der Waals surface area contributed by atoms with E-state index in [9.17, 15) is 13.2 Å². The van der Waals surface area contributed by atoms with Crippen LogP contribution in [0.1, 0.15) is 47.9 Å². The third kappa shape index (κ3) is 8.12. The predicted octanol–water partition coefficient (Wildman–Crippen LogP) is 5.62. The van der Waals surface area contributed by atoms with Gasteiger partial charge in [0.15, 0.2) is 0 Å². The van der Waals surface area contributed by atoms with Crippen LogP contribution in [0.25, 0.3) is 0 Å². The van der Waals surface area contributed by atoms with Gasteiger partial charge >= 0.3 is 6.36 Å². The highest BCUT2D eigenvalue weighted by molar-refractivity contribution is 5.57. The minimum atomic E-state index is -4.77. The summed E-state index contributed by atoms with van der Waals surface area (Å²) in [4.78, 5) is 8.94. The zero-order valence-corrected chi connectivity index (χ0v) is 20.6. The Morgan fingerprint density at radius 2 is 1.73 bits per heavy atom. The molecule has 194 valence electrons. The van der Waals surface area contributed by atoms with Crippen LogP contribution in [-0.4, -0.2) is 28.9 Å². The van der Waals surface area contributed by atoms with Gasteiger partial charge in [-0.25, -0.2) is 4.98 Å². The average Bonchev–Trinajstić information content (AvgIpc) is 2.87. The van der Waals surface area contributed by atoms with Gasteiger partial charge in [0.2, 0.25) is 5.95 Å². The molecule has 1 aliphatic rings. The molecule has 1 aliphatic carbocycles. The number of benzene rings is 2. The summed E-state index contributed by atoms with van der Waals surface area (Å²) in [6.45, 7) is 2.80. The predicted molar refractivity (Wildman–Crippen MR) is 138 cm³/mol. The number of para-hydroxylation sites is 1. The normalized spacial score (nSPS) is 17.4. The second-order valence-electron chi connectivity index (χ2n) is 9.24. The Hall–Kier alpha value is -3.77. The van der Waals surface area contributed by atoms with Gasteiger partial charge in [-0.1, -0.05) is 47.7 Å². The van der Waals surface area contributed by atoms with Crippen molar-refractivity contribution in [2.45, 2.75) is 51.6 Å². The molecular weight excluding hydrogens is 479 g/mol. The van der Waals surface area contributed by atoms with Crippen LogP contribution in [0.4, 0.5) is 24.9 Å². The van der Waals surface area contributed by atoms with Crippen molar-refractivity contribution in [3.05, 3.63) is 77.0 Å². The Morgan fingerprint density at radius 1 is 1.00 bits per heavy atom. The van der Waals surface area contributed by atoms with E-state index in [1.165, 1.54) is 12.1 Å². The van der Waals surface area contributed by atoms with Crippen molar-refractivity contribution < 1.29 is 17.9 Å². The molecule has 0 aliphatic heterocycles. The monoisotopic (exact) mass is 509 g/mol. The zero-order chi connectivity index (χ0) is 26.3. The zero-order valence-electron chi connectivity index (χ0n) is 20.6. The number of rotatable bonds is 7. The number of aryl methyl sites for hydroxylation is 1. The van der Waals surface area contributed by atoms with Gasteiger partial charge in [0.05, 0.1) is 11.8 Å². The molecule has 0 amide bonds. The van der Waals surface area contributed by atoms with Crippen molar-refractivity contribution in [3.8, 4) is 17.6 Å². The molecule has 4 rings (SSSR count). The van der Waals surface area contributed by atoms with E-state index in [-0.39, 0.29) is 24.3 Å². The van der Waals surface area contributed by atoms with Crippen molar-refractivity contribution in [1.29, 1.82) is 0 Å². The summed E-state index contributed by atoms with van der Waals surface area (Å²) in [5.41, 5.74) is 9.04. The summed E-state index contributed by atoms with van der Waals surface area (Å²) in [7, 11) is 0. The van der Waals surface area contributed by atoms with Gasteiger partial charge in [0, 0.05) is 30.3 Å². The van der Waals surface area contributed by atoms with Crippen molar-refractivity contribution in [2.24, 2.45) is 11.7 Å². The van der Waals surface area contributed by atoms with E-state index in [4.69, 9.17) is 5.73 Å². The summed E-state index contributed by atoms with van der Waals surface area (Å²) in [5, 5.41) is 6.42. The first-order chi connectivity index (χ1) is 17.7. The lowest BCUT2D eigenvalue weighted by Crippen LogP contribution is -2.29. The summed E-state index contributed by atoms with van der Waals surface area (Å²) in [6, 6.07) is 14.2. The molecule has 0 saturated heterocycles. The number of alkyl halides is 3. The number of anilines is 2. The van der Waals surface area contributed by atoms with Crippen LogP contribution in [0.5, 0.6) is 5.75 Å². The summed E-state index contributed by atoms with van der Waals surface area (Å²) < 4.78 is 42.4. The second-order valence-corrected chi connectivity index (χ2v) is 9.24. The van der Waals surface area contributed by atoms with Crippen LogP contribution in [0.15, 0.2) is 54.7 Å². The molecule has 6 nitrogen and oxygen atoms in total. The van der Waals surface area contributed by atoms with Crippen molar-refractivity contribution >= 4 is 11.8 Å². The number of nitrogens with zero attached hydrogens (tertiary/aromatic N) is 2. The fourth-order valence-corrected chi connectivity index (χ4v) is 4.15. The van der Waals surface area contributed by atoms with Gasteiger partial charge in [-0.2, -0.15) is 4.98 Å². The fourth-order valence-electron chi connectivity index (χ4n) is 4.15. The fraction of sp³-hybridized carbons (Fsp3) is 0.357. The van der Waals surface area contributed by atoms with E-state index in [2.05, 4.69) is 37.2 Å². The summed E-state index contributed by atoms with van der Waals surface area (Å²) in [5.74, 6) is 7.36. The van der Waals surface area contributed by atoms with Gasteiger partial charge in [-0.3, -0.25) is 0 Å². The minimum Gasteiger partial charge on any atom is -0.405 e. The van der Waals surface area contributed by atoms with Crippen LogP contribution >= 0.6 is 0 Å². The van der Waals surface area contributed by atoms with Gasteiger partial charge < -0.3 is 21.1 Å². The molecule has 0 bridgehead atoms. The number of ether oxygens (including phenoxy) is 1. The molecule has 0 spiro atoms. The Bertz CT molecular complexity index is 1240. The van der Waals surface area contributed by atoms with Crippen molar-refractivity contribution in [3.63, 3.8) is 0 Å². The SMILES string of the molecule is Cc1ccc(C#Cc2cnc(NCc3ccccc3OC(F)(F)F)nc2NC[C@H]2CC[C@H](N)CC2)cc1. The Kier molecular flexibility index (Phi) is 8.51. The first-order valence-corrected chi connectivity index (χ1v) is 12.3. The van der Waals surface area contributed by atoms with Crippen LogP contribution in [0.2, 0.25) is 0 Å². The molecule has 3 aromatic rings. The van der Waals surface area contributed by atoms with Gasteiger partial charge in [-0.05, 0) is 56.7 Å². The summed E-state index contributed by atoms with van der Waals surface area (Å²) in [6.07, 6.45) is 0.943. The van der Waals surface area contributed by atoms with Crippen molar-refractivity contribution in [1.82, 2.24) is 9.97 Å². The van der Waals surface area contributed by atoms with E-state index < -0.39 is 6.36 Å². The Labute approximate surface area is 214 Å². The molecular formula is C28H30F3N5O. The quantitative estimate of drug-likeness (QED) is 0.358. The maximum absolute atomic E-state index is 12.8. The molecule has 0 unspecified atom stereocenters. The smallest absolute Gasteiger partial charge is 0.405 e. The third-order valence-corrected chi connectivity index (χ3v) is 6.27. The van der Waals surface area contributed by atoms with Crippen molar-refractivity contribution in [2.75, 3.05) is 17.2 Å². The van der Waals surface area contributed by atoms with E-state index in [1.807, 2.05) is 31.2 Å². The molecule has 1 heterocycles. The van der Waals surface area contributed by atoms with E-state index in [0.717, 1.165) is 43.4 Å². The lowest BCUT2D eigenvalue weighted by molar-refractivity contribution is -0.274. The minimum absolute atomic E-state index is 0.0561. The number of aromatic nitrogens is 2. The maximum Gasteiger partial charge on any atom is 0.573 e. The van der Waals surface area contributed by atoms with Crippen LogP contribution in [-0.2, 0) is 6.54 Å². The van der Waals surface area contributed by atoms with Crippen LogP contribution in [0, 0.1) is 24.7 Å². The lowest BCUT2D eigenvalue weighted by Gasteiger charge is -2.26.